The van der Waals surface area contributed by atoms with Crippen molar-refractivity contribution in [2.24, 2.45) is 5.92 Å². The molecule has 2 aromatic heterocycles. The number of hydrogen-bond acceptors (Lipinski definition) is 7. The van der Waals surface area contributed by atoms with Crippen LogP contribution in [0.1, 0.15) is 54.7 Å². The molecule has 4 heterocycles. The van der Waals surface area contributed by atoms with Crippen LogP contribution < -0.4 is 10.1 Å². The molecule has 2 fully saturated rings. The molecule has 9 heteroatoms. The molecule has 2 unspecified atom stereocenters. The molecule has 2 amide bonds. The number of nitrogens with zero attached hydrogens (tertiary/aromatic N) is 3. The normalized spacial score (nSPS) is 21.3. The number of hydrogen-bond donors (Lipinski definition) is 1. The number of amides is 2. The molecule has 2 aromatic rings. The van der Waals surface area contributed by atoms with Gasteiger partial charge in [0.15, 0.2) is 5.13 Å². The lowest BCUT2D eigenvalue weighted by atomic mass is 10.1. The highest BCUT2D eigenvalue weighted by molar-refractivity contribution is 7.19. The molecule has 1 saturated carbocycles. The van der Waals surface area contributed by atoms with Gasteiger partial charge in [0.05, 0.1) is 29.5 Å². The Labute approximate surface area is 185 Å². The first kappa shape index (κ1) is 20.4. The highest BCUT2D eigenvalue weighted by Gasteiger charge is 2.41. The molecule has 0 aromatic carbocycles. The zero-order chi connectivity index (χ0) is 21.7. The minimum absolute atomic E-state index is 0.00215. The molecule has 5 rings (SSSR count). The van der Waals surface area contributed by atoms with Crippen LogP contribution in [0.25, 0.3) is 10.6 Å². The number of ether oxygens (including phenoxy) is 2. The third kappa shape index (κ3) is 3.92. The summed E-state index contributed by atoms with van der Waals surface area (Å²) in [5.74, 6) is 0.805. The Bertz CT molecular complexity index is 1040. The second-order valence-electron chi connectivity index (χ2n) is 8.58. The van der Waals surface area contributed by atoms with Gasteiger partial charge < -0.3 is 19.7 Å². The molecule has 0 bridgehead atoms. The third-order valence-electron chi connectivity index (χ3n) is 6.16. The van der Waals surface area contributed by atoms with E-state index in [0.717, 1.165) is 22.6 Å². The lowest BCUT2D eigenvalue weighted by molar-refractivity contribution is -0.114. The van der Waals surface area contributed by atoms with Gasteiger partial charge in [-0.05, 0) is 44.2 Å². The molecule has 164 valence electrons. The molecule has 1 aliphatic carbocycles. The van der Waals surface area contributed by atoms with Crippen LogP contribution in [-0.4, -0.2) is 52.0 Å². The molecule has 0 radical (unpaired) electrons. The van der Waals surface area contributed by atoms with Crippen LogP contribution in [0.4, 0.5) is 5.13 Å². The van der Waals surface area contributed by atoms with Gasteiger partial charge in [0.25, 0.3) is 5.91 Å². The molecular formula is C22H26N4O4S. The highest BCUT2D eigenvalue weighted by Crippen LogP contribution is 2.42. The van der Waals surface area contributed by atoms with E-state index < -0.39 is 0 Å². The number of rotatable bonds is 6. The molecule has 31 heavy (non-hydrogen) atoms. The van der Waals surface area contributed by atoms with E-state index in [2.05, 4.69) is 17.2 Å². The maximum Gasteiger partial charge on any atom is 0.260 e. The van der Waals surface area contributed by atoms with E-state index in [1.54, 1.807) is 0 Å². The summed E-state index contributed by atoms with van der Waals surface area (Å²) < 4.78 is 11.6. The smallest absolute Gasteiger partial charge is 0.260 e. The van der Waals surface area contributed by atoms with Crippen molar-refractivity contribution in [1.82, 2.24) is 14.9 Å². The van der Waals surface area contributed by atoms with Crippen molar-refractivity contribution >= 4 is 28.3 Å². The maximum atomic E-state index is 13.3. The topological polar surface area (TPSA) is 93.6 Å². The number of anilines is 1. The summed E-state index contributed by atoms with van der Waals surface area (Å²) in [6.07, 6.45) is 3.04. The van der Waals surface area contributed by atoms with Crippen molar-refractivity contribution in [3.05, 3.63) is 22.9 Å². The number of carbonyl (C=O) groups is 2. The lowest BCUT2D eigenvalue weighted by Crippen LogP contribution is -2.35. The van der Waals surface area contributed by atoms with Gasteiger partial charge in [-0.3, -0.25) is 9.59 Å². The molecule has 3 aliphatic rings. The van der Waals surface area contributed by atoms with Gasteiger partial charge in [0, 0.05) is 25.9 Å². The van der Waals surface area contributed by atoms with Crippen molar-refractivity contribution < 1.29 is 19.1 Å². The number of pyridine rings is 1. The van der Waals surface area contributed by atoms with E-state index in [4.69, 9.17) is 14.5 Å². The Balaban J connectivity index is 1.54. The van der Waals surface area contributed by atoms with Gasteiger partial charge >= 0.3 is 0 Å². The second kappa shape index (κ2) is 7.87. The van der Waals surface area contributed by atoms with Crippen molar-refractivity contribution in [1.29, 1.82) is 0 Å². The van der Waals surface area contributed by atoms with E-state index >= 15 is 0 Å². The largest absolute Gasteiger partial charge is 0.471 e. The zero-order valence-corrected chi connectivity index (χ0v) is 18.8. The van der Waals surface area contributed by atoms with E-state index in [9.17, 15) is 9.59 Å². The van der Waals surface area contributed by atoms with Crippen molar-refractivity contribution in [3.63, 3.8) is 0 Å². The van der Waals surface area contributed by atoms with E-state index in [1.807, 2.05) is 17.9 Å². The van der Waals surface area contributed by atoms with E-state index in [1.165, 1.54) is 31.1 Å². The molecular weight excluding hydrogens is 416 g/mol. The van der Waals surface area contributed by atoms with Crippen LogP contribution in [0.2, 0.25) is 0 Å². The predicted octanol–water partition coefficient (Wildman–Crippen LogP) is 3.39. The lowest BCUT2D eigenvalue weighted by Gasteiger charge is -2.24. The summed E-state index contributed by atoms with van der Waals surface area (Å²) in [5, 5.41) is 3.28. The third-order valence-corrected chi connectivity index (χ3v) is 7.25. The summed E-state index contributed by atoms with van der Waals surface area (Å²) in [6, 6.07) is 2.19. The zero-order valence-electron chi connectivity index (χ0n) is 17.9. The Morgan fingerprint density at radius 3 is 2.84 bits per heavy atom. The number of thiazole rings is 1. The minimum atomic E-state index is -0.164. The van der Waals surface area contributed by atoms with Gasteiger partial charge in [-0.15, -0.1) is 0 Å². The van der Waals surface area contributed by atoms with Crippen molar-refractivity contribution in [3.8, 4) is 16.5 Å². The number of fused-ring (bicyclic) bond motifs is 1. The van der Waals surface area contributed by atoms with Gasteiger partial charge in [0.1, 0.15) is 11.7 Å². The number of aromatic nitrogens is 2. The fourth-order valence-corrected chi connectivity index (χ4v) is 5.26. The summed E-state index contributed by atoms with van der Waals surface area (Å²) in [6.45, 7) is 7.21. The van der Waals surface area contributed by atoms with Crippen molar-refractivity contribution in [2.45, 2.75) is 58.7 Å². The molecule has 0 spiro atoms. The highest BCUT2D eigenvalue weighted by atomic mass is 32.1. The van der Waals surface area contributed by atoms with Crippen LogP contribution in [0.15, 0.2) is 6.07 Å². The molecule has 8 nitrogen and oxygen atoms in total. The monoisotopic (exact) mass is 442 g/mol. The summed E-state index contributed by atoms with van der Waals surface area (Å²) >= 11 is 1.38. The molecule has 2 aliphatic heterocycles. The average Bonchev–Trinajstić information content (AvgIpc) is 3.17. The molecule has 1 N–H and O–H groups in total. The minimum Gasteiger partial charge on any atom is -0.471 e. The summed E-state index contributed by atoms with van der Waals surface area (Å²) in [7, 11) is 0. The average molecular weight is 443 g/mol. The quantitative estimate of drug-likeness (QED) is 0.737. The summed E-state index contributed by atoms with van der Waals surface area (Å²) in [4.78, 5) is 36.8. The van der Waals surface area contributed by atoms with Crippen LogP contribution in [0.5, 0.6) is 5.88 Å². The Morgan fingerprint density at radius 2 is 2.16 bits per heavy atom. The Hall–Kier alpha value is -2.52. The number of carbonyl (C=O) groups excluding carboxylic acids is 2. The standard InChI is InChI=1S/C22H26N4O4S/c1-11-19(31-22(23-11)24-13(3)27)17-8-15-9-26(12(2)14-4-5-14)21(28)18(15)20(25-17)30-16-6-7-29-10-16/h8,12,14,16H,4-7,9-10H2,1-3H3,(H,23,24,27). The first-order valence-electron chi connectivity index (χ1n) is 10.8. The predicted molar refractivity (Wildman–Crippen MR) is 116 cm³/mol. The van der Waals surface area contributed by atoms with Gasteiger partial charge in [-0.25, -0.2) is 9.97 Å². The van der Waals surface area contributed by atoms with Crippen molar-refractivity contribution in [2.75, 3.05) is 18.5 Å². The second-order valence-corrected chi connectivity index (χ2v) is 9.58. The number of aryl methyl sites for hydroxylation is 1. The Kier molecular flexibility index (Phi) is 5.18. The first-order valence-corrected chi connectivity index (χ1v) is 11.6. The summed E-state index contributed by atoms with van der Waals surface area (Å²) in [5.41, 5.74) is 3.01. The SMILES string of the molecule is CC(=O)Nc1nc(C)c(-c2cc3c(c(OC4CCOC4)n2)C(=O)N(C(C)C2CC2)C3)s1. The first-order chi connectivity index (χ1) is 14.9. The fraction of sp³-hybridized carbons (Fsp3) is 0.545. The van der Waals surface area contributed by atoms with Crippen LogP contribution in [0.3, 0.4) is 0 Å². The van der Waals surface area contributed by atoms with E-state index in [-0.39, 0.29) is 24.0 Å². The van der Waals surface area contributed by atoms with Crippen LogP contribution in [-0.2, 0) is 16.1 Å². The van der Waals surface area contributed by atoms with Crippen LogP contribution >= 0.6 is 11.3 Å². The fourth-order valence-electron chi connectivity index (χ4n) is 4.29. The van der Waals surface area contributed by atoms with Gasteiger partial charge in [0.2, 0.25) is 11.8 Å². The van der Waals surface area contributed by atoms with Gasteiger partial charge in [-0.1, -0.05) is 11.3 Å². The maximum absolute atomic E-state index is 13.3. The van der Waals surface area contributed by atoms with Gasteiger partial charge in [-0.2, -0.15) is 0 Å². The molecule has 2 atom stereocenters. The van der Waals surface area contributed by atoms with Crippen LogP contribution in [0, 0.1) is 12.8 Å². The number of nitrogens with one attached hydrogen (secondary N) is 1. The van der Waals surface area contributed by atoms with E-state index in [0.29, 0.717) is 47.9 Å². The Morgan fingerprint density at radius 1 is 1.35 bits per heavy atom. The molecule has 1 saturated heterocycles.